The number of aromatic nitrogens is 6. The smallest absolute Gasteiger partial charge is 0.257 e. The number of ether oxygens (including phenoxy) is 2. The van der Waals surface area contributed by atoms with Gasteiger partial charge >= 0.3 is 0 Å². The lowest BCUT2D eigenvalue weighted by atomic mass is 10.1. The number of anilines is 2. The SMILES string of the molecule is O=C1C/C(=C\c2cnn3c(NC4CC4)cc(-c4ccc(F)c(C(=O)N5CCOCC5)c4)nc23)C(=O)N1.O=Cc1cnn2c(NC3CC3)cc(-c3ccc(F)c(C(=O)N4CCOCC4)c3)nc12. The Morgan fingerprint density at radius 2 is 1.15 bits per heavy atom. The zero-order valence-electron chi connectivity index (χ0n) is 35.5. The molecule has 18 nitrogen and oxygen atoms in total. The fraction of sp³-hybridized carbons (Fsp3) is 0.326. The summed E-state index contributed by atoms with van der Waals surface area (Å²) < 4.78 is 43.0. The fourth-order valence-corrected chi connectivity index (χ4v) is 7.90. The van der Waals surface area contributed by atoms with Crippen LogP contribution in [-0.2, 0) is 19.1 Å². The van der Waals surface area contributed by atoms with Crippen LogP contribution < -0.4 is 16.0 Å². The molecule has 3 aliphatic heterocycles. The Bertz CT molecular complexity index is 2970. The number of amides is 4. The monoisotopic (exact) mass is 899 g/mol. The van der Waals surface area contributed by atoms with E-state index in [2.05, 4.69) is 31.1 Å². The van der Waals surface area contributed by atoms with Crippen molar-refractivity contribution in [3.05, 3.63) is 100 Å². The maximum Gasteiger partial charge on any atom is 0.257 e. The Kier molecular flexibility index (Phi) is 11.5. The van der Waals surface area contributed by atoms with Crippen LogP contribution in [0.5, 0.6) is 0 Å². The maximum atomic E-state index is 14.7. The lowest BCUT2D eigenvalue weighted by molar-refractivity contribution is -0.124. The summed E-state index contributed by atoms with van der Waals surface area (Å²) in [5, 5.41) is 17.8. The van der Waals surface area contributed by atoms with E-state index in [1.165, 1.54) is 30.5 Å². The zero-order valence-corrected chi connectivity index (χ0v) is 35.5. The first kappa shape index (κ1) is 42.5. The second-order valence-corrected chi connectivity index (χ2v) is 16.6. The molecule has 11 rings (SSSR count). The molecule has 4 aromatic heterocycles. The van der Waals surface area contributed by atoms with Crippen molar-refractivity contribution >= 4 is 58.9 Å². The number of carbonyl (C=O) groups excluding carboxylic acids is 5. The highest BCUT2D eigenvalue weighted by Gasteiger charge is 2.28. The number of nitrogens with zero attached hydrogens (tertiary/aromatic N) is 8. The highest BCUT2D eigenvalue weighted by molar-refractivity contribution is 6.15. The van der Waals surface area contributed by atoms with Crippen molar-refractivity contribution in [2.24, 2.45) is 0 Å². The number of imide groups is 1. The molecule has 6 aromatic rings. The van der Waals surface area contributed by atoms with Crippen molar-refractivity contribution in [1.29, 1.82) is 0 Å². The molecule has 66 heavy (non-hydrogen) atoms. The van der Waals surface area contributed by atoms with Crippen molar-refractivity contribution in [2.75, 3.05) is 63.2 Å². The average Bonchev–Trinajstić information content (AvgIpc) is 4.23. The van der Waals surface area contributed by atoms with E-state index < -0.39 is 17.5 Å². The molecular formula is C46H43F2N11O7. The number of aldehydes is 1. The number of rotatable bonds is 10. The van der Waals surface area contributed by atoms with Crippen LogP contribution in [0.3, 0.4) is 0 Å². The van der Waals surface area contributed by atoms with Gasteiger partial charge in [0.05, 0.1) is 73.3 Å². The summed E-state index contributed by atoms with van der Waals surface area (Å²) in [6.45, 7) is 3.41. The van der Waals surface area contributed by atoms with Gasteiger partial charge in [-0.05, 0) is 68.2 Å². The number of benzene rings is 2. The molecule has 4 amide bonds. The number of hydrogen-bond acceptors (Lipinski definition) is 13. The van der Waals surface area contributed by atoms with E-state index >= 15 is 0 Å². The Morgan fingerprint density at radius 3 is 1.59 bits per heavy atom. The number of fused-ring (bicyclic) bond motifs is 2. The van der Waals surface area contributed by atoms with E-state index in [1.807, 2.05) is 12.1 Å². The highest BCUT2D eigenvalue weighted by Crippen LogP contribution is 2.32. The van der Waals surface area contributed by atoms with E-state index in [9.17, 15) is 32.8 Å². The van der Waals surface area contributed by atoms with Gasteiger partial charge in [-0.25, -0.2) is 18.7 Å². The summed E-state index contributed by atoms with van der Waals surface area (Å²) in [5.41, 5.74) is 4.34. The minimum absolute atomic E-state index is 0.00288. The van der Waals surface area contributed by atoms with Crippen molar-refractivity contribution in [3.8, 4) is 22.5 Å². The third kappa shape index (κ3) is 8.83. The van der Waals surface area contributed by atoms with E-state index in [1.54, 1.807) is 43.2 Å². The Morgan fingerprint density at radius 1 is 0.682 bits per heavy atom. The average molecular weight is 900 g/mol. The fourth-order valence-electron chi connectivity index (χ4n) is 7.90. The van der Waals surface area contributed by atoms with E-state index in [-0.39, 0.29) is 35.3 Å². The molecule has 3 saturated heterocycles. The molecule has 5 aliphatic rings. The quantitative estimate of drug-likeness (QED) is 0.0992. The standard InChI is InChI=1S/C25H23FN6O4.C21H20FN5O3/c26-19-4-1-14(10-18(19)25(35)31-5-7-36-8-6-31)20-12-21(28-17-2-3-17)32-23(29-20)16(13-27-32)9-15-11-22(33)30-24(15)34;22-17-4-1-13(9-16(17)21(29)26-5-7-30-8-6-26)18-10-19(24-15-2-3-15)27-20(25-18)14(12-28)11-23-27/h1,4,9-10,12-13,17,28H,2-3,5-8,11H2,(H,30,33,34);1,4,9-12,15,24H,2-3,5-8H2/b15-9+;. The summed E-state index contributed by atoms with van der Waals surface area (Å²) in [6.07, 6.45) is 9.57. The molecule has 0 spiro atoms. The number of carbonyl (C=O) groups is 5. The third-order valence-electron chi connectivity index (χ3n) is 11.8. The van der Waals surface area contributed by atoms with Gasteiger partial charge in [0.2, 0.25) is 5.91 Å². The maximum absolute atomic E-state index is 14.7. The normalized spacial score (nSPS) is 18.1. The van der Waals surface area contributed by atoms with Crippen molar-refractivity contribution < 1.29 is 42.2 Å². The molecule has 2 aromatic carbocycles. The van der Waals surface area contributed by atoms with Gasteiger partial charge in [-0.15, -0.1) is 0 Å². The predicted octanol–water partition coefficient (Wildman–Crippen LogP) is 4.41. The summed E-state index contributed by atoms with van der Waals surface area (Å²) in [4.78, 5) is 73.4. The van der Waals surface area contributed by atoms with Gasteiger partial charge in [0, 0.05) is 72.7 Å². The molecule has 7 heterocycles. The number of nitrogens with one attached hydrogen (secondary N) is 3. The van der Waals surface area contributed by atoms with Crippen LogP contribution in [0.4, 0.5) is 20.4 Å². The second-order valence-electron chi connectivity index (χ2n) is 16.6. The lowest BCUT2D eigenvalue weighted by Gasteiger charge is -2.27. The molecule has 0 radical (unpaired) electrons. The predicted molar refractivity (Wildman–Crippen MR) is 235 cm³/mol. The van der Waals surface area contributed by atoms with Crippen LogP contribution in [0.15, 0.2) is 66.5 Å². The topological polar surface area (TPSA) is 207 Å². The molecule has 338 valence electrons. The highest BCUT2D eigenvalue weighted by atomic mass is 19.1. The molecule has 3 N–H and O–H groups in total. The van der Waals surface area contributed by atoms with Gasteiger partial charge in [-0.1, -0.05) is 0 Å². The van der Waals surface area contributed by atoms with Gasteiger partial charge in [0.25, 0.3) is 17.7 Å². The minimum atomic E-state index is -0.598. The second kappa shape index (κ2) is 17.8. The first-order valence-corrected chi connectivity index (χ1v) is 21.7. The Hall–Kier alpha value is -7.45. The van der Waals surface area contributed by atoms with Crippen LogP contribution in [0, 0.1) is 11.6 Å². The number of hydrogen-bond donors (Lipinski definition) is 3. The van der Waals surface area contributed by atoms with Crippen LogP contribution in [0.25, 0.3) is 39.9 Å². The van der Waals surface area contributed by atoms with Gasteiger partial charge in [-0.3, -0.25) is 29.3 Å². The van der Waals surface area contributed by atoms with Gasteiger partial charge in [0.15, 0.2) is 17.6 Å². The summed E-state index contributed by atoms with van der Waals surface area (Å²) in [7, 11) is 0. The number of halogens is 2. The zero-order chi connectivity index (χ0) is 45.5. The minimum Gasteiger partial charge on any atom is -0.378 e. The van der Waals surface area contributed by atoms with Gasteiger partial charge < -0.3 is 29.9 Å². The molecule has 2 aliphatic carbocycles. The molecule has 0 unspecified atom stereocenters. The van der Waals surface area contributed by atoms with Crippen LogP contribution >= 0.6 is 0 Å². The Labute approximate surface area is 375 Å². The summed E-state index contributed by atoms with van der Waals surface area (Å²) in [5.74, 6) is -1.32. The Balaban J connectivity index is 0.000000158. The van der Waals surface area contributed by atoms with E-state index in [0.717, 1.165) is 25.7 Å². The molecular weight excluding hydrogens is 857 g/mol. The van der Waals surface area contributed by atoms with Crippen LogP contribution in [-0.4, -0.2) is 134 Å². The first-order chi connectivity index (χ1) is 32.1. The lowest BCUT2D eigenvalue weighted by Crippen LogP contribution is -2.41. The molecule has 20 heteroatoms. The van der Waals surface area contributed by atoms with Crippen molar-refractivity contribution in [1.82, 2.24) is 44.3 Å². The summed E-state index contributed by atoms with van der Waals surface area (Å²) >= 11 is 0. The van der Waals surface area contributed by atoms with Gasteiger partial charge in [-0.2, -0.15) is 19.2 Å². The van der Waals surface area contributed by atoms with Crippen LogP contribution in [0.1, 0.15) is 68.7 Å². The van der Waals surface area contributed by atoms with E-state index in [0.29, 0.717) is 133 Å². The van der Waals surface area contributed by atoms with Crippen LogP contribution in [0.2, 0.25) is 0 Å². The van der Waals surface area contributed by atoms with Gasteiger partial charge in [0.1, 0.15) is 23.3 Å². The van der Waals surface area contributed by atoms with E-state index in [4.69, 9.17) is 14.5 Å². The number of morpholine rings is 2. The third-order valence-corrected chi connectivity index (χ3v) is 11.8. The molecule has 5 fully saturated rings. The first-order valence-electron chi connectivity index (χ1n) is 21.7. The molecule has 2 saturated carbocycles. The molecule has 0 atom stereocenters. The van der Waals surface area contributed by atoms with Crippen molar-refractivity contribution in [2.45, 2.75) is 44.2 Å². The molecule has 0 bridgehead atoms. The largest absolute Gasteiger partial charge is 0.378 e. The summed E-state index contributed by atoms with van der Waals surface area (Å²) in [6, 6.07) is 13.1. The van der Waals surface area contributed by atoms with Crippen molar-refractivity contribution in [3.63, 3.8) is 0 Å².